The van der Waals surface area contributed by atoms with Gasteiger partial charge in [0.15, 0.2) is 0 Å². The Kier molecular flexibility index (Phi) is 4.51. The van der Waals surface area contributed by atoms with Crippen LogP contribution in [0.25, 0.3) is 0 Å². The number of rotatable bonds is 4. The molecule has 1 aromatic carbocycles. The molecule has 0 spiro atoms. The molecule has 2 rings (SSSR count). The van der Waals surface area contributed by atoms with Crippen LogP contribution in [0.4, 0.5) is 5.69 Å². The van der Waals surface area contributed by atoms with Gasteiger partial charge in [0, 0.05) is 6.26 Å². The number of aryl methyl sites for hydroxylation is 1. The van der Waals surface area contributed by atoms with Crippen LogP contribution in [-0.4, -0.2) is 31.1 Å². The number of carbonyl (C=O) groups is 1. The van der Waals surface area contributed by atoms with Crippen LogP contribution >= 0.6 is 11.6 Å². The van der Waals surface area contributed by atoms with Gasteiger partial charge in [0.05, 0.1) is 21.5 Å². The standard InChI is InChI=1S/C12H13ClN4O2S/c1-8-3-4-10(9(13)5-8)15-11(18)6-17-7-14-16-12(17)20(2)19/h3-5,7H,6H2,1-2H3,(H,15,18)/t20-/m1/s1. The molecule has 1 amide bonds. The van der Waals surface area contributed by atoms with Gasteiger partial charge < -0.3 is 5.32 Å². The number of nitrogens with one attached hydrogen (secondary N) is 1. The Morgan fingerprint density at radius 3 is 2.90 bits per heavy atom. The maximum atomic E-state index is 11.9. The Balaban J connectivity index is 2.09. The molecule has 0 aliphatic heterocycles. The number of nitrogens with zero attached hydrogens (tertiary/aromatic N) is 3. The predicted octanol–water partition coefficient (Wildman–Crippen LogP) is 1.62. The maximum Gasteiger partial charge on any atom is 0.244 e. The van der Waals surface area contributed by atoms with E-state index in [0.29, 0.717) is 10.7 Å². The molecule has 1 heterocycles. The molecule has 0 saturated carbocycles. The van der Waals surface area contributed by atoms with Crippen LogP contribution in [0.5, 0.6) is 0 Å². The molecule has 0 aliphatic carbocycles. The lowest BCUT2D eigenvalue weighted by atomic mass is 10.2. The maximum absolute atomic E-state index is 11.9. The Morgan fingerprint density at radius 2 is 2.25 bits per heavy atom. The smallest absolute Gasteiger partial charge is 0.244 e. The van der Waals surface area contributed by atoms with Crippen LogP contribution in [0.15, 0.2) is 29.7 Å². The molecular weight excluding hydrogens is 300 g/mol. The van der Waals surface area contributed by atoms with Gasteiger partial charge in [-0.05, 0) is 24.6 Å². The van der Waals surface area contributed by atoms with Crippen LogP contribution in [0.3, 0.4) is 0 Å². The summed E-state index contributed by atoms with van der Waals surface area (Å²) in [7, 11) is -1.30. The highest BCUT2D eigenvalue weighted by Crippen LogP contribution is 2.22. The van der Waals surface area contributed by atoms with E-state index >= 15 is 0 Å². The molecular formula is C12H13ClN4O2S. The van der Waals surface area contributed by atoms with Crippen LogP contribution in [0, 0.1) is 6.92 Å². The summed E-state index contributed by atoms with van der Waals surface area (Å²) in [6.07, 6.45) is 2.85. The van der Waals surface area contributed by atoms with Gasteiger partial charge in [-0.2, -0.15) is 0 Å². The van der Waals surface area contributed by atoms with Crippen molar-refractivity contribution < 1.29 is 9.00 Å². The zero-order chi connectivity index (χ0) is 14.7. The summed E-state index contributed by atoms with van der Waals surface area (Å²) in [6, 6.07) is 5.36. The highest BCUT2D eigenvalue weighted by Gasteiger charge is 2.12. The van der Waals surface area contributed by atoms with Gasteiger partial charge in [-0.25, -0.2) is 0 Å². The van der Waals surface area contributed by atoms with E-state index in [1.54, 1.807) is 12.1 Å². The van der Waals surface area contributed by atoms with E-state index in [1.165, 1.54) is 17.2 Å². The molecule has 0 bridgehead atoms. The van der Waals surface area contributed by atoms with E-state index in [4.69, 9.17) is 11.6 Å². The second kappa shape index (κ2) is 6.15. The quantitative estimate of drug-likeness (QED) is 0.930. The third-order valence-electron chi connectivity index (χ3n) is 2.55. The molecule has 0 fully saturated rings. The number of benzene rings is 1. The van der Waals surface area contributed by atoms with Gasteiger partial charge >= 0.3 is 0 Å². The summed E-state index contributed by atoms with van der Waals surface area (Å²) >= 11 is 6.04. The van der Waals surface area contributed by atoms with Crippen molar-refractivity contribution in [3.8, 4) is 0 Å². The van der Waals surface area contributed by atoms with Crippen LogP contribution in [-0.2, 0) is 22.1 Å². The number of hydrogen-bond acceptors (Lipinski definition) is 4. The molecule has 1 atom stereocenters. The predicted molar refractivity (Wildman–Crippen MR) is 77.2 cm³/mol. The Morgan fingerprint density at radius 1 is 1.50 bits per heavy atom. The Bertz CT molecular complexity index is 671. The average Bonchev–Trinajstić information content (AvgIpc) is 2.81. The zero-order valence-corrected chi connectivity index (χ0v) is 12.5. The number of halogens is 1. The van der Waals surface area contributed by atoms with E-state index < -0.39 is 10.8 Å². The first-order valence-corrected chi connectivity index (χ1v) is 7.68. The fourth-order valence-electron chi connectivity index (χ4n) is 1.64. The lowest BCUT2D eigenvalue weighted by molar-refractivity contribution is -0.116. The first kappa shape index (κ1) is 14.7. The summed E-state index contributed by atoms with van der Waals surface area (Å²) in [4.78, 5) is 11.9. The average molecular weight is 313 g/mol. The molecule has 0 aliphatic rings. The third-order valence-corrected chi connectivity index (χ3v) is 3.69. The van der Waals surface area contributed by atoms with Crippen molar-refractivity contribution in [2.45, 2.75) is 18.6 Å². The Hall–Kier alpha value is -1.73. The monoisotopic (exact) mass is 312 g/mol. The minimum Gasteiger partial charge on any atom is -0.323 e. The largest absolute Gasteiger partial charge is 0.323 e. The van der Waals surface area contributed by atoms with Gasteiger partial charge in [-0.1, -0.05) is 17.7 Å². The summed E-state index contributed by atoms with van der Waals surface area (Å²) in [5.74, 6) is -0.290. The molecule has 0 unspecified atom stereocenters. The van der Waals surface area contributed by atoms with Crippen LogP contribution < -0.4 is 5.32 Å². The van der Waals surface area contributed by atoms with Crippen LogP contribution in [0.2, 0.25) is 5.02 Å². The van der Waals surface area contributed by atoms with Crippen LogP contribution in [0.1, 0.15) is 5.56 Å². The molecule has 6 nitrogen and oxygen atoms in total. The molecule has 106 valence electrons. The van der Waals surface area contributed by atoms with E-state index in [0.717, 1.165) is 5.56 Å². The van der Waals surface area contributed by atoms with Crippen molar-refractivity contribution in [3.05, 3.63) is 35.1 Å². The molecule has 1 N–H and O–H groups in total. The number of anilines is 1. The molecule has 8 heteroatoms. The lowest BCUT2D eigenvalue weighted by Gasteiger charge is -2.09. The third kappa shape index (κ3) is 3.43. The van der Waals surface area contributed by atoms with Gasteiger partial charge in [-0.15, -0.1) is 10.2 Å². The first-order valence-electron chi connectivity index (χ1n) is 5.74. The topological polar surface area (TPSA) is 76.9 Å². The van der Waals surface area contributed by atoms with Crippen molar-refractivity contribution >= 4 is 34.0 Å². The summed E-state index contributed by atoms with van der Waals surface area (Å²) in [6.45, 7) is 1.89. The lowest BCUT2D eigenvalue weighted by Crippen LogP contribution is -2.20. The van der Waals surface area contributed by atoms with Crippen molar-refractivity contribution in [1.82, 2.24) is 14.8 Å². The molecule has 0 radical (unpaired) electrons. The minimum absolute atomic E-state index is 0.0217. The van der Waals surface area contributed by atoms with E-state index in [-0.39, 0.29) is 17.6 Å². The summed E-state index contributed by atoms with van der Waals surface area (Å²) in [5, 5.41) is 10.8. The van der Waals surface area contributed by atoms with Crippen molar-refractivity contribution in [3.63, 3.8) is 0 Å². The van der Waals surface area contributed by atoms with E-state index in [1.807, 2.05) is 13.0 Å². The fourth-order valence-corrected chi connectivity index (χ4v) is 2.53. The highest BCUT2D eigenvalue weighted by molar-refractivity contribution is 7.84. The van der Waals surface area contributed by atoms with Gasteiger partial charge in [-0.3, -0.25) is 13.6 Å². The second-order valence-electron chi connectivity index (χ2n) is 4.23. The molecule has 0 saturated heterocycles. The fraction of sp³-hybridized carbons (Fsp3) is 0.250. The zero-order valence-electron chi connectivity index (χ0n) is 11.0. The van der Waals surface area contributed by atoms with Gasteiger partial charge in [0.1, 0.15) is 12.9 Å². The van der Waals surface area contributed by atoms with E-state index in [2.05, 4.69) is 15.5 Å². The first-order chi connectivity index (χ1) is 9.47. The SMILES string of the molecule is Cc1ccc(NC(=O)Cn2cnnc2[S@@](C)=O)c(Cl)c1. The van der Waals surface area contributed by atoms with Gasteiger partial charge in [0.25, 0.3) is 0 Å². The normalized spacial score (nSPS) is 12.2. The molecule has 20 heavy (non-hydrogen) atoms. The summed E-state index contributed by atoms with van der Waals surface area (Å²) < 4.78 is 12.8. The number of amides is 1. The Labute approximate surface area is 123 Å². The number of aromatic nitrogens is 3. The van der Waals surface area contributed by atoms with E-state index in [9.17, 15) is 9.00 Å². The number of hydrogen-bond donors (Lipinski definition) is 1. The molecule has 1 aromatic heterocycles. The van der Waals surface area contributed by atoms with Gasteiger partial charge in [0.2, 0.25) is 11.1 Å². The van der Waals surface area contributed by atoms with Crippen molar-refractivity contribution in [2.24, 2.45) is 0 Å². The van der Waals surface area contributed by atoms with Crippen molar-refractivity contribution in [1.29, 1.82) is 0 Å². The molecule has 2 aromatic rings. The van der Waals surface area contributed by atoms with Crippen molar-refractivity contribution in [2.75, 3.05) is 11.6 Å². The second-order valence-corrected chi connectivity index (χ2v) is 5.91. The highest BCUT2D eigenvalue weighted by atomic mass is 35.5. The summed E-state index contributed by atoms with van der Waals surface area (Å²) in [5.41, 5.74) is 1.55. The minimum atomic E-state index is -1.30. The number of carbonyl (C=O) groups excluding carboxylic acids is 1.